The molecular formula is C10H21NO3. The molecule has 0 aromatic heterocycles. The highest BCUT2D eigenvalue weighted by atomic mass is 16.5. The minimum absolute atomic E-state index is 0.0754. The van der Waals surface area contributed by atoms with Gasteiger partial charge in [-0.25, -0.2) is 0 Å². The highest BCUT2D eigenvalue weighted by Crippen LogP contribution is 2.17. The predicted octanol–water partition coefficient (Wildman–Crippen LogP) is -0.112. The molecule has 0 bridgehead atoms. The third-order valence-electron chi connectivity index (χ3n) is 2.62. The van der Waals surface area contributed by atoms with Gasteiger partial charge < -0.3 is 20.3 Å². The van der Waals surface area contributed by atoms with Gasteiger partial charge in [0.1, 0.15) is 0 Å². The molecule has 0 aliphatic heterocycles. The van der Waals surface area contributed by atoms with Crippen molar-refractivity contribution in [2.24, 2.45) is 0 Å². The number of hydrogen-bond acceptors (Lipinski definition) is 4. The minimum atomic E-state index is -0.193. The number of ether oxygens (including phenoxy) is 1. The standard InChI is InChI=1S/C10H21NO3/c12-6-8-14-7-5-11-9-3-1-2-4-10(9)13/h9-13H,1-8H2/t9-,10-/m1/s1. The summed E-state index contributed by atoms with van der Waals surface area (Å²) in [7, 11) is 0. The van der Waals surface area contributed by atoms with Crippen molar-refractivity contribution in [3.8, 4) is 0 Å². The summed E-state index contributed by atoms with van der Waals surface area (Å²) < 4.78 is 5.11. The van der Waals surface area contributed by atoms with E-state index in [0.717, 1.165) is 25.8 Å². The fourth-order valence-corrected chi connectivity index (χ4v) is 1.83. The fourth-order valence-electron chi connectivity index (χ4n) is 1.83. The Kier molecular flexibility index (Phi) is 6.10. The summed E-state index contributed by atoms with van der Waals surface area (Å²) in [6.07, 6.45) is 4.12. The van der Waals surface area contributed by atoms with Crippen LogP contribution < -0.4 is 5.32 Å². The largest absolute Gasteiger partial charge is 0.394 e. The average molecular weight is 203 g/mol. The van der Waals surface area contributed by atoms with E-state index in [-0.39, 0.29) is 18.8 Å². The monoisotopic (exact) mass is 203 g/mol. The molecule has 2 atom stereocenters. The lowest BCUT2D eigenvalue weighted by molar-refractivity contribution is 0.0704. The van der Waals surface area contributed by atoms with Gasteiger partial charge in [-0.2, -0.15) is 0 Å². The van der Waals surface area contributed by atoms with Crippen molar-refractivity contribution in [1.29, 1.82) is 0 Å². The summed E-state index contributed by atoms with van der Waals surface area (Å²) in [5.41, 5.74) is 0. The van der Waals surface area contributed by atoms with Crippen LogP contribution in [0.25, 0.3) is 0 Å². The highest BCUT2D eigenvalue weighted by molar-refractivity contribution is 4.79. The molecule has 1 fully saturated rings. The first-order valence-corrected chi connectivity index (χ1v) is 5.44. The van der Waals surface area contributed by atoms with E-state index in [2.05, 4.69) is 5.32 Å². The van der Waals surface area contributed by atoms with Crippen molar-refractivity contribution >= 4 is 0 Å². The van der Waals surface area contributed by atoms with Gasteiger partial charge in [0.05, 0.1) is 25.9 Å². The molecule has 84 valence electrons. The van der Waals surface area contributed by atoms with E-state index in [1.165, 1.54) is 6.42 Å². The van der Waals surface area contributed by atoms with E-state index in [1.54, 1.807) is 0 Å². The molecule has 1 saturated carbocycles. The fraction of sp³-hybridized carbons (Fsp3) is 1.00. The molecule has 0 radical (unpaired) electrons. The second-order valence-corrected chi connectivity index (χ2v) is 3.75. The van der Waals surface area contributed by atoms with Crippen LogP contribution in [0.5, 0.6) is 0 Å². The summed E-state index contributed by atoms with van der Waals surface area (Å²) in [6.45, 7) is 1.83. The van der Waals surface area contributed by atoms with Crippen molar-refractivity contribution in [2.75, 3.05) is 26.4 Å². The molecule has 0 amide bonds. The van der Waals surface area contributed by atoms with Crippen molar-refractivity contribution in [1.82, 2.24) is 5.32 Å². The zero-order valence-corrected chi connectivity index (χ0v) is 8.61. The van der Waals surface area contributed by atoms with Crippen LogP contribution in [-0.4, -0.2) is 48.7 Å². The van der Waals surface area contributed by atoms with E-state index < -0.39 is 0 Å². The number of rotatable bonds is 6. The van der Waals surface area contributed by atoms with Gasteiger partial charge in [-0.3, -0.25) is 0 Å². The third kappa shape index (κ3) is 4.37. The Hall–Kier alpha value is -0.160. The second-order valence-electron chi connectivity index (χ2n) is 3.75. The Morgan fingerprint density at radius 2 is 2.00 bits per heavy atom. The Morgan fingerprint density at radius 3 is 2.71 bits per heavy atom. The zero-order chi connectivity index (χ0) is 10.2. The van der Waals surface area contributed by atoms with Crippen LogP contribution in [0, 0.1) is 0 Å². The van der Waals surface area contributed by atoms with E-state index in [0.29, 0.717) is 13.2 Å². The Bertz CT molecular complexity index is 143. The van der Waals surface area contributed by atoms with Crippen LogP contribution in [-0.2, 0) is 4.74 Å². The molecule has 1 aliphatic carbocycles. The van der Waals surface area contributed by atoms with Crippen molar-refractivity contribution < 1.29 is 14.9 Å². The summed E-state index contributed by atoms with van der Waals surface area (Å²) in [6, 6.07) is 0.237. The van der Waals surface area contributed by atoms with Crippen molar-refractivity contribution in [3.63, 3.8) is 0 Å². The molecule has 1 rings (SSSR count). The molecule has 4 heteroatoms. The first-order chi connectivity index (χ1) is 6.84. The Labute approximate surface area is 85.3 Å². The maximum atomic E-state index is 9.63. The van der Waals surface area contributed by atoms with Crippen molar-refractivity contribution in [3.05, 3.63) is 0 Å². The quantitative estimate of drug-likeness (QED) is 0.527. The Morgan fingerprint density at radius 1 is 1.21 bits per heavy atom. The van der Waals surface area contributed by atoms with Crippen molar-refractivity contribution in [2.45, 2.75) is 37.8 Å². The van der Waals surface area contributed by atoms with Crippen LogP contribution in [0.2, 0.25) is 0 Å². The van der Waals surface area contributed by atoms with Gasteiger partial charge in [0.25, 0.3) is 0 Å². The van der Waals surface area contributed by atoms with Gasteiger partial charge in [0.15, 0.2) is 0 Å². The molecule has 3 N–H and O–H groups in total. The van der Waals surface area contributed by atoms with Gasteiger partial charge in [-0.1, -0.05) is 12.8 Å². The molecule has 1 aliphatic rings. The van der Waals surface area contributed by atoms with Crippen LogP contribution in [0.15, 0.2) is 0 Å². The van der Waals surface area contributed by atoms with E-state index >= 15 is 0 Å². The number of nitrogens with one attached hydrogen (secondary N) is 1. The lowest BCUT2D eigenvalue weighted by Gasteiger charge is -2.28. The van der Waals surface area contributed by atoms with E-state index in [9.17, 15) is 5.11 Å². The summed E-state index contributed by atoms with van der Waals surface area (Å²) in [5, 5.41) is 21.4. The van der Waals surface area contributed by atoms with Gasteiger partial charge in [0.2, 0.25) is 0 Å². The van der Waals surface area contributed by atoms with Crippen LogP contribution in [0.4, 0.5) is 0 Å². The molecule has 4 nitrogen and oxygen atoms in total. The number of aliphatic hydroxyl groups excluding tert-OH is 2. The summed E-state index contributed by atoms with van der Waals surface area (Å²) in [5.74, 6) is 0. The number of hydrogen-bond donors (Lipinski definition) is 3. The molecule has 0 aromatic carbocycles. The molecule has 0 saturated heterocycles. The van der Waals surface area contributed by atoms with Crippen LogP contribution in [0.1, 0.15) is 25.7 Å². The SMILES string of the molecule is OCCOCCN[C@@H]1CCCC[C@H]1O. The van der Waals surface area contributed by atoms with Gasteiger partial charge in [-0.15, -0.1) is 0 Å². The Balaban J connectivity index is 1.99. The molecular weight excluding hydrogens is 182 g/mol. The molecule has 0 unspecified atom stereocenters. The number of aliphatic hydroxyl groups is 2. The molecule has 0 heterocycles. The second kappa shape index (κ2) is 7.17. The maximum absolute atomic E-state index is 9.63. The summed E-state index contributed by atoms with van der Waals surface area (Å²) >= 11 is 0. The van der Waals surface area contributed by atoms with Gasteiger partial charge >= 0.3 is 0 Å². The predicted molar refractivity (Wildman–Crippen MR) is 54.2 cm³/mol. The van der Waals surface area contributed by atoms with E-state index in [4.69, 9.17) is 9.84 Å². The summed E-state index contributed by atoms with van der Waals surface area (Å²) in [4.78, 5) is 0. The van der Waals surface area contributed by atoms with Crippen LogP contribution in [0.3, 0.4) is 0 Å². The molecule has 0 aromatic rings. The molecule has 0 spiro atoms. The smallest absolute Gasteiger partial charge is 0.0698 e. The normalized spacial score (nSPS) is 27.9. The first kappa shape index (κ1) is 11.9. The third-order valence-corrected chi connectivity index (χ3v) is 2.62. The lowest BCUT2D eigenvalue weighted by atomic mass is 9.93. The zero-order valence-electron chi connectivity index (χ0n) is 8.61. The highest BCUT2D eigenvalue weighted by Gasteiger charge is 2.21. The van der Waals surface area contributed by atoms with Gasteiger partial charge in [0, 0.05) is 12.6 Å². The first-order valence-electron chi connectivity index (χ1n) is 5.44. The average Bonchev–Trinajstić information content (AvgIpc) is 2.20. The van der Waals surface area contributed by atoms with E-state index in [1.807, 2.05) is 0 Å². The minimum Gasteiger partial charge on any atom is -0.394 e. The van der Waals surface area contributed by atoms with Gasteiger partial charge in [-0.05, 0) is 12.8 Å². The lowest BCUT2D eigenvalue weighted by Crippen LogP contribution is -2.43. The molecule has 14 heavy (non-hydrogen) atoms. The maximum Gasteiger partial charge on any atom is 0.0698 e. The topological polar surface area (TPSA) is 61.7 Å². The van der Waals surface area contributed by atoms with Crippen LogP contribution >= 0.6 is 0 Å².